The van der Waals surface area contributed by atoms with Crippen LogP contribution in [0.4, 0.5) is 13.2 Å². The van der Waals surface area contributed by atoms with Gasteiger partial charge in [0.15, 0.2) is 5.96 Å². The molecule has 0 amide bonds. The van der Waals surface area contributed by atoms with Gasteiger partial charge in [-0.05, 0) is 29.8 Å². The first-order chi connectivity index (χ1) is 11.0. The third-order valence-electron chi connectivity index (χ3n) is 3.10. The monoisotopic (exact) mass is 322 g/mol. The number of aromatic nitrogens is 1. The van der Waals surface area contributed by atoms with Crippen LogP contribution in [0, 0.1) is 0 Å². The molecule has 7 heteroatoms. The molecule has 2 aromatic rings. The van der Waals surface area contributed by atoms with Crippen molar-refractivity contribution in [2.75, 3.05) is 7.05 Å². The lowest BCUT2D eigenvalue weighted by Gasteiger charge is -2.13. The van der Waals surface area contributed by atoms with Crippen LogP contribution in [-0.2, 0) is 19.3 Å². The minimum Gasteiger partial charge on any atom is -0.352 e. The van der Waals surface area contributed by atoms with Gasteiger partial charge in [-0.15, -0.1) is 0 Å². The first-order valence-electron chi connectivity index (χ1n) is 6.99. The summed E-state index contributed by atoms with van der Waals surface area (Å²) in [6, 6.07) is 10.8. The molecule has 0 aliphatic carbocycles. The molecule has 0 spiro atoms. The number of aliphatic imine (C=N–C) groups is 1. The molecule has 1 aromatic heterocycles. The summed E-state index contributed by atoms with van der Waals surface area (Å²) >= 11 is 0. The van der Waals surface area contributed by atoms with Crippen LogP contribution >= 0.6 is 0 Å². The Kier molecular flexibility index (Phi) is 5.56. The molecular weight excluding hydrogens is 305 g/mol. The summed E-state index contributed by atoms with van der Waals surface area (Å²) in [5.41, 5.74) is 0.711. The van der Waals surface area contributed by atoms with Crippen molar-refractivity contribution in [1.82, 2.24) is 15.6 Å². The van der Waals surface area contributed by atoms with E-state index in [1.54, 1.807) is 19.3 Å². The lowest BCUT2D eigenvalue weighted by Crippen LogP contribution is -2.36. The number of halogens is 3. The molecule has 0 aliphatic rings. The summed E-state index contributed by atoms with van der Waals surface area (Å²) in [6.07, 6.45) is -2.65. The van der Waals surface area contributed by atoms with E-state index < -0.39 is 11.7 Å². The first-order valence-corrected chi connectivity index (χ1v) is 6.99. The van der Waals surface area contributed by atoms with E-state index in [0.717, 1.165) is 17.8 Å². The highest BCUT2D eigenvalue weighted by molar-refractivity contribution is 5.79. The Balaban J connectivity index is 1.91. The van der Waals surface area contributed by atoms with Crippen molar-refractivity contribution in [1.29, 1.82) is 0 Å². The van der Waals surface area contributed by atoms with Crippen LogP contribution in [0.15, 0.2) is 53.7 Å². The Morgan fingerprint density at radius 3 is 2.52 bits per heavy atom. The van der Waals surface area contributed by atoms with Gasteiger partial charge in [0.25, 0.3) is 0 Å². The van der Waals surface area contributed by atoms with Crippen LogP contribution in [0.3, 0.4) is 0 Å². The van der Waals surface area contributed by atoms with E-state index in [1.165, 1.54) is 6.07 Å². The molecule has 0 saturated carbocycles. The maximum Gasteiger partial charge on any atom is 0.416 e. The largest absolute Gasteiger partial charge is 0.416 e. The molecule has 1 heterocycles. The Hall–Kier alpha value is -2.57. The van der Waals surface area contributed by atoms with E-state index in [4.69, 9.17) is 0 Å². The average Bonchev–Trinajstić information content (AvgIpc) is 2.55. The normalized spacial score (nSPS) is 12.1. The number of hydrogen-bond acceptors (Lipinski definition) is 2. The number of guanidine groups is 1. The summed E-state index contributed by atoms with van der Waals surface area (Å²) in [5, 5.41) is 6.03. The lowest BCUT2D eigenvalue weighted by atomic mass is 10.1. The topological polar surface area (TPSA) is 49.3 Å². The number of nitrogens with one attached hydrogen (secondary N) is 2. The molecule has 1 aromatic carbocycles. The molecule has 122 valence electrons. The van der Waals surface area contributed by atoms with Crippen molar-refractivity contribution >= 4 is 5.96 Å². The minimum atomic E-state index is -4.34. The van der Waals surface area contributed by atoms with E-state index in [0.29, 0.717) is 18.1 Å². The summed E-state index contributed by atoms with van der Waals surface area (Å²) < 4.78 is 38.0. The molecule has 0 bridgehead atoms. The molecule has 0 atom stereocenters. The third kappa shape index (κ3) is 5.28. The van der Waals surface area contributed by atoms with Crippen molar-refractivity contribution in [3.8, 4) is 0 Å². The van der Waals surface area contributed by atoms with Gasteiger partial charge in [0.2, 0.25) is 0 Å². The summed E-state index contributed by atoms with van der Waals surface area (Å²) in [4.78, 5) is 8.21. The van der Waals surface area contributed by atoms with E-state index in [2.05, 4.69) is 20.6 Å². The predicted molar refractivity (Wildman–Crippen MR) is 82.7 cm³/mol. The SMILES string of the molecule is CN=C(NCc1cccc(C(F)(F)F)c1)NCc1ccccn1. The smallest absolute Gasteiger partial charge is 0.352 e. The van der Waals surface area contributed by atoms with Gasteiger partial charge in [-0.3, -0.25) is 9.98 Å². The lowest BCUT2D eigenvalue weighted by molar-refractivity contribution is -0.137. The number of rotatable bonds is 4. The van der Waals surface area contributed by atoms with Crippen LogP contribution in [0.5, 0.6) is 0 Å². The highest BCUT2D eigenvalue weighted by atomic mass is 19.4. The van der Waals surface area contributed by atoms with E-state index >= 15 is 0 Å². The van der Waals surface area contributed by atoms with Crippen molar-refractivity contribution in [3.05, 3.63) is 65.5 Å². The minimum absolute atomic E-state index is 0.242. The zero-order chi connectivity index (χ0) is 16.7. The predicted octanol–water partition coefficient (Wildman–Crippen LogP) is 2.97. The molecule has 4 nitrogen and oxygen atoms in total. The maximum absolute atomic E-state index is 12.7. The number of hydrogen-bond donors (Lipinski definition) is 2. The molecular formula is C16H17F3N4. The molecule has 23 heavy (non-hydrogen) atoms. The highest BCUT2D eigenvalue weighted by Crippen LogP contribution is 2.29. The molecule has 2 rings (SSSR count). The molecule has 2 N–H and O–H groups in total. The second-order valence-corrected chi connectivity index (χ2v) is 4.80. The van der Waals surface area contributed by atoms with Crippen molar-refractivity contribution in [2.45, 2.75) is 19.3 Å². The van der Waals surface area contributed by atoms with Crippen molar-refractivity contribution < 1.29 is 13.2 Å². The number of benzene rings is 1. The van der Waals surface area contributed by atoms with Crippen LogP contribution in [0.25, 0.3) is 0 Å². The second-order valence-electron chi connectivity index (χ2n) is 4.80. The van der Waals surface area contributed by atoms with Crippen molar-refractivity contribution in [3.63, 3.8) is 0 Å². The number of alkyl halides is 3. The Morgan fingerprint density at radius 1 is 1.09 bits per heavy atom. The Labute approximate surface area is 132 Å². The maximum atomic E-state index is 12.7. The average molecular weight is 322 g/mol. The summed E-state index contributed by atoms with van der Waals surface area (Å²) in [6.45, 7) is 0.717. The Morgan fingerprint density at radius 2 is 1.87 bits per heavy atom. The zero-order valence-corrected chi connectivity index (χ0v) is 12.6. The van der Waals surface area contributed by atoms with Gasteiger partial charge in [0.05, 0.1) is 17.8 Å². The van der Waals surface area contributed by atoms with Gasteiger partial charge in [0.1, 0.15) is 0 Å². The molecule has 0 saturated heterocycles. The fourth-order valence-corrected chi connectivity index (χ4v) is 1.94. The van der Waals surface area contributed by atoms with Gasteiger partial charge >= 0.3 is 6.18 Å². The van der Waals surface area contributed by atoms with Crippen LogP contribution in [0.1, 0.15) is 16.8 Å². The molecule has 0 radical (unpaired) electrons. The quantitative estimate of drug-likeness (QED) is 0.672. The third-order valence-corrected chi connectivity index (χ3v) is 3.10. The molecule has 0 fully saturated rings. The standard InChI is InChI=1S/C16H17F3N4/c1-20-15(23-11-14-7-2-3-8-21-14)22-10-12-5-4-6-13(9-12)16(17,18)19/h2-9H,10-11H2,1H3,(H2,20,22,23). The number of nitrogens with zero attached hydrogens (tertiary/aromatic N) is 2. The van der Waals surface area contributed by atoms with Gasteiger partial charge in [0, 0.05) is 19.8 Å². The highest BCUT2D eigenvalue weighted by Gasteiger charge is 2.30. The van der Waals surface area contributed by atoms with Gasteiger partial charge in [-0.1, -0.05) is 18.2 Å². The van der Waals surface area contributed by atoms with Crippen molar-refractivity contribution in [2.24, 2.45) is 4.99 Å². The number of pyridine rings is 1. The molecule has 0 aliphatic heterocycles. The Bertz CT molecular complexity index is 654. The first kappa shape index (κ1) is 16.8. The fourth-order valence-electron chi connectivity index (χ4n) is 1.94. The van der Waals surface area contributed by atoms with Gasteiger partial charge in [-0.25, -0.2) is 0 Å². The summed E-state index contributed by atoms with van der Waals surface area (Å²) in [5.74, 6) is 0.494. The summed E-state index contributed by atoms with van der Waals surface area (Å²) in [7, 11) is 1.60. The van der Waals surface area contributed by atoms with Crippen LogP contribution < -0.4 is 10.6 Å². The zero-order valence-electron chi connectivity index (χ0n) is 12.6. The van der Waals surface area contributed by atoms with Gasteiger partial charge < -0.3 is 10.6 Å². The second kappa shape index (κ2) is 7.62. The van der Waals surface area contributed by atoms with E-state index in [1.807, 2.05) is 18.2 Å². The van der Waals surface area contributed by atoms with Crippen LogP contribution in [0.2, 0.25) is 0 Å². The fraction of sp³-hybridized carbons (Fsp3) is 0.250. The van der Waals surface area contributed by atoms with Crippen LogP contribution in [-0.4, -0.2) is 18.0 Å². The van der Waals surface area contributed by atoms with Gasteiger partial charge in [-0.2, -0.15) is 13.2 Å². The van der Waals surface area contributed by atoms with E-state index in [9.17, 15) is 13.2 Å². The molecule has 0 unspecified atom stereocenters. The van der Waals surface area contributed by atoms with E-state index in [-0.39, 0.29) is 6.54 Å².